The minimum Gasteiger partial charge on any atom is -0.478 e. The maximum absolute atomic E-state index is 13.6. The number of esters is 1. The fraction of sp³-hybridized carbons (Fsp3) is 0.182. The van der Waals surface area contributed by atoms with Crippen LogP contribution in [0.1, 0.15) is 103 Å². The molecule has 0 saturated heterocycles. The molecule has 2 heterocycles. The predicted octanol–water partition coefficient (Wildman–Crippen LogP) is 7.62. The number of nitrogens with one attached hydrogen (secondary N) is 2. The van der Waals surface area contributed by atoms with Crippen molar-refractivity contribution in [1.29, 1.82) is 0 Å². The third kappa shape index (κ3) is 8.82. The highest BCUT2D eigenvalue weighted by atomic mass is 16.5. The summed E-state index contributed by atoms with van der Waals surface area (Å²) in [6.45, 7) is 8.36. The average Bonchev–Trinajstić information content (AvgIpc) is 3.22. The number of carboxylic acids is 1. The maximum atomic E-state index is 13.6. The van der Waals surface area contributed by atoms with Crippen LogP contribution in [0.4, 0.5) is 0 Å². The lowest BCUT2D eigenvalue weighted by atomic mass is 9.95. The molecular formula is C44H40N6O6. The van der Waals surface area contributed by atoms with Gasteiger partial charge in [-0.1, -0.05) is 94.4 Å². The fourth-order valence-corrected chi connectivity index (χ4v) is 6.23. The maximum Gasteiger partial charge on any atom is 0.344 e. The number of benzene rings is 4. The van der Waals surface area contributed by atoms with Crippen LogP contribution in [0.5, 0.6) is 5.75 Å². The van der Waals surface area contributed by atoms with Crippen molar-refractivity contribution < 1.29 is 29.0 Å². The number of aromatic nitrogens is 4. The van der Waals surface area contributed by atoms with E-state index in [1.807, 2.05) is 48.5 Å². The van der Waals surface area contributed by atoms with Crippen molar-refractivity contribution in [3.8, 4) is 28.3 Å². The predicted molar refractivity (Wildman–Crippen MR) is 210 cm³/mol. The lowest BCUT2D eigenvalue weighted by Gasteiger charge is -2.14. The van der Waals surface area contributed by atoms with Gasteiger partial charge in [0.15, 0.2) is 0 Å². The van der Waals surface area contributed by atoms with E-state index in [1.54, 1.807) is 30.3 Å². The van der Waals surface area contributed by atoms with Crippen molar-refractivity contribution in [2.24, 2.45) is 0 Å². The number of aromatic carboxylic acids is 1. The van der Waals surface area contributed by atoms with E-state index in [2.05, 4.69) is 64.8 Å². The van der Waals surface area contributed by atoms with Gasteiger partial charge in [0.1, 0.15) is 5.75 Å². The van der Waals surface area contributed by atoms with E-state index in [0.29, 0.717) is 28.7 Å². The Kier molecular flexibility index (Phi) is 12.0. The summed E-state index contributed by atoms with van der Waals surface area (Å²) < 4.78 is 5.63. The molecule has 0 aliphatic carbocycles. The number of hydrogen-bond donors (Lipinski definition) is 3. The number of amides is 2. The molecule has 0 bridgehead atoms. The highest BCUT2D eigenvalue weighted by Gasteiger charge is 2.26. The van der Waals surface area contributed by atoms with Gasteiger partial charge < -0.3 is 20.5 Å². The van der Waals surface area contributed by atoms with E-state index < -0.39 is 23.8 Å². The van der Waals surface area contributed by atoms with Gasteiger partial charge in [0, 0.05) is 11.1 Å². The molecule has 12 nitrogen and oxygen atoms in total. The molecule has 6 rings (SSSR count). The van der Waals surface area contributed by atoms with Crippen molar-refractivity contribution in [3.63, 3.8) is 0 Å². The first-order valence-electron chi connectivity index (χ1n) is 18.1. The van der Waals surface area contributed by atoms with Gasteiger partial charge in [-0.05, 0) is 71.5 Å². The summed E-state index contributed by atoms with van der Waals surface area (Å²) in [6, 6.07) is 32.9. The molecule has 3 N–H and O–H groups in total. The zero-order valence-electron chi connectivity index (χ0n) is 31.3. The van der Waals surface area contributed by atoms with Crippen molar-refractivity contribution in [2.75, 3.05) is 0 Å². The van der Waals surface area contributed by atoms with Gasteiger partial charge in [0.25, 0.3) is 11.8 Å². The van der Waals surface area contributed by atoms with Crippen LogP contribution in [0.25, 0.3) is 22.5 Å². The number of ether oxygens (including phenoxy) is 1. The summed E-state index contributed by atoms with van der Waals surface area (Å²) in [5, 5.41) is 32.7. The molecule has 0 fully saturated rings. The molecule has 2 amide bonds. The number of nitrogens with zero attached hydrogens (tertiary/aromatic N) is 4. The first-order valence-corrected chi connectivity index (χ1v) is 18.1. The van der Waals surface area contributed by atoms with Crippen molar-refractivity contribution >= 4 is 23.8 Å². The fourth-order valence-electron chi connectivity index (χ4n) is 6.23. The molecule has 0 aliphatic heterocycles. The van der Waals surface area contributed by atoms with E-state index in [-0.39, 0.29) is 47.0 Å². The van der Waals surface area contributed by atoms with Crippen molar-refractivity contribution in [2.45, 2.75) is 52.6 Å². The Morgan fingerprint density at radius 1 is 0.554 bits per heavy atom. The summed E-state index contributed by atoms with van der Waals surface area (Å²) in [5.74, 6) is -3.49. The topological polar surface area (TPSA) is 173 Å². The molecule has 0 atom stereocenters. The van der Waals surface area contributed by atoms with Crippen LogP contribution in [0, 0.1) is 0 Å². The van der Waals surface area contributed by atoms with Gasteiger partial charge in [-0.15, -0.1) is 0 Å². The summed E-state index contributed by atoms with van der Waals surface area (Å²) in [7, 11) is 0. The van der Waals surface area contributed by atoms with Crippen molar-refractivity contribution in [3.05, 3.63) is 160 Å². The van der Waals surface area contributed by atoms with E-state index in [1.165, 1.54) is 30.3 Å². The Morgan fingerprint density at radius 3 is 1.54 bits per heavy atom. The molecule has 12 heteroatoms. The van der Waals surface area contributed by atoms with Crippen LogP contribution in [-0.2, 0) is 13.1 Å². The first kappa shape index (κ1) is 38.6. The smallest absolute Gasteiger partial charge is 0.344 e. The minimum absolute atomic E-state index is 0.00590. The highest BCUT2D eigenvalue weighted by molar-refractivity contribution is 6.09. The Balaban J connectivity index is 1.14. The van der Waals surface area contributed by atoms with E-state index in [9.17, 15) is 24.3 Å². The van der Waals surface area contributed by atoms with Gasteiger partial charge in [-0.3, -0.25) is 9.59 Å². The summed E-state index contributed by atoms with van der Waals surface area (Å²) in [6.07, 6.45) is 0. The van der Waals surface area contributed by atoms with E-state index >= 15 is 0 Å². The van der Waals surface area contributed by atoms with Crippen LogP contribution in [0.2, 0.25) is 0 Å². The molecule has 4 aromatic carbocycles. The van der Waals surface area contributed by atoms with Crippen LogP contribution in [0.15, 0.2) is 115 Å². The van der Waals surface area contributed by atoms with Crippen LogP contribution < -0.4 is 15.4 Å². The van der Waals surface area contributed by atoms with Crippen molar-refractivity contribution in [1.82, 2.24) is 31.0 Å². The number of carboxylic acid groups (broad SMARTS) is 1. The molecule has 0 saturated carbocycles. The Hall–Kier alpha value is -7.08. The molecule has 56 heavy (non-hydrogen) atoms. The number of carbonyl (C=O) groups excluding carboxylic acids is 3. The Morgan fingerprint density at radius 2 is 1.04 bits per heavy atom. The van der Waals surface area contributed by atoms with Gasteiger partial charge >= 0.3 is 11.9 Å². The van der Waals surface area contributed by atoms with Gasteiger partial charge in [-0.2, -0.15) is 20.4 Å². The number of carbonyl (C=O) groups is 4. The highest BCUT2D eigenvalue weighted by Crippen LogP contribution is 2.29. The SMILES string of the molecule is CC(C)c1ccccc1-c1ccc(CNC(=O)c2ccccc2C(=O)Oc2cccc(C(=O)O)c2C(=O)NCc2ccc(-c3ccccc3C(C)C)nn2)nn1. The second-order valence-electron chi connectivity index (χ2n) is 13.6. The van der Waals surface area contributed by atoms with Gasteiger partial charge in [-0.25, -0.2) is 9.59 Å². The summed E-state index contributed by atoms with van der Waals surface area (Å²) >= 11 is 0. The quantitative estimate of drug-likeness (QED) is 0.0788. The Bertz CT molecular complexity index is 2390. The standard InChI is InChI=1S/C44H40N6O6/c1-26(2)30-12-5-7-14-32(30)37-22-20-28(47-49-37)24-45-41(51)34-16-9-10-17-35(34)44(55)56-39-19-11-18-36(43(53)54)40(39)42(52)46-25-29-21-23-38(50-48-29)33-15-8-6-13-31(33)27(3)4/h5-23,26-27H,24-25H2,1-4H3,(H,45,51)(H,46,52)(H,53,54). The molecule has 2 aromatic heterocycles. The average molecular weight is 749 g/mol. The molecule has 6 aromatic rings. The van der Waals surface area contributed by atoms with Crippen LogP contribution in [-0.4, -0.2) is 49.3 Å². The monoisotopic (exact) mass is 748 g/mol. The second-order valence-corrected chi connectivity index (χ2v) is 13.6. The lowest BCUT2D eigenvalue weighted by molar-refractivity contribution is 0.0679. The molecule has 0 aliphatic rings. The summed E-state index contributed by atoms with van der Waals surface area (Å²) in [5.41, 5.74) is 5.67. The zero-order chi connectivity index (χ0) is 39.8. The third-order valence-corrected chi connectivity index (χ3v) is 9.10. The molecule has 0 radical (unpaired) electrons. The van der Waals surface area contributed by atoms with E-state index in [4.69, 9.17) is 4.74 Å². The minimum atomic E-state index is -1.40. The normalized spacial score (nSPS) is 11.0. The zero-order valence-corrected chi connectivity index (χ0v) is 31.3. The Labute approximate surface area is 324 Å². The van der Waals surface area contributed by atoms with Gasteiger partial charge in [0.05, 0.1) is 58.1 Å². The number of rotatable bonds is 13. The largest absolute Gasteiger partial charge is 0.478 e. The molecular weight excluding hydrogens is 709 g/mol. The van der Waals surface area contributed by atoms with Crippen LogP contribution in [0.3, 0.4) is 0 Å². The third-order valence-electron chi connectivity index (χ3n) is 9.10. The summed E-state index contributed by atoms with van der Waals surface area (Å²) in [4.78, 5) is 52.7. The lowest BCUT2D eigenvalue weighted by Crippen LogP contribution is -2.28. The first-order chi connectivity index (χ1) is 27.0. The van der Waals surface area contributed by atoms with Crippen LogP contribution >= 0.6 is 0 Å². The molecule has 282 valence electrons. The van der Waals surface area contributed by atoms with Gasteiger partial charge in [0.2, 0.25) is 0 Å². The van der Waals surface area contributed by atoms with E-state index in [0.717, 1.165) is 22.3 Å². The molecule has 0 unspecified atom stereocenters. The molecule has 0 spiro atoms. The second kappa shape index (κ2) is 17.4. The number of hydrogen-bond acceptors (Lipinski definition) is 9.